The normalized spacial score (nSPS) is 33.2. The van der Waals surface area contributed by atoms with Gasteiger partial charge in [0.2, 0.25) is 0 Å². The van der Waals surface area contributed by atoms with E-state index < -0.39 is 0 Å². The van der Waals surface area contributed by atoms with Crippen molar-refractivity contribution < 1.29 is 4.74 Å². The highest BCUT2D eigenvalue weighted by atomic mass is 16.5. The Balaban J connectivity index is 1.63. The topological polar surface area (TPSA) is 24.5 Å². The summed E-state index contributed by atoms with van der Waals surface area (Å²) in [4.78, 5) is 2.53. The van der Waals surface area contributed by atoms with Crippen molar-refractivity contribution >= 4 is 0 Å². The second-order valence-corrected chi connectivity index (χ2v) is 5.07. The summed E-state index contributed by atoms with van der Waals surface area (Å²) in [5.41, 5.74) is 0. The smallest absolute Gasteiger partial charge is 0.0724 e. The minimum absolute atomic E-state index is 0.444. The van der Waals surface area contributed by atoms with Gasteiger partial charge in [-0.3, -0.25) is 4.90 Å². The number of hydrogen-bond donors (Lipinski definition) is 1. The molecular weight excluding hydrogens is 188 g/mol. The van der Waals surface area contributed by atoms with Gasteiger partial charge in [0.05, 0.1) is 6.10 Å². The molecule has 0 aromatic rings. The number of nitrogens with one attached hydrogen (secondary N) is 1. The third-order valence-corrected chi connectivity index (χ3v) is 3.71. The molecule has 1 saturated heterocycles. The second-order valence-electron chi connectivity index (χ2n) is 5.07. The average molecular weight is 212 g/mol. The third-order valence-electron chi connectivity index (χ3n) is 3.71. The Morgan fingerprint density at radius 3 is 2.80 bits per heavy atom. The molecule has 2 fully saturated rings. The molecule has 88 valence electrons. The van der Waals surface area contributed by atoms with Crippen molar-refractivity contribution in [1.82, 2.24) is 10.2 Å². The van der Waals surface area contributed by atoms with Crippen LogP contribution in [-0.4, -0.2) is 50.3 Å². The quantitative estimate of drug-likeness (QED) is 0.738. The van der Waals surface area contributed by atoms with E-state index in [0.717, 1.165) is 25.0 Å². The highest BCUT2D eigenvalue weighted by molar-refractivity contribution is 4.82. The Kier molecular flexibility index (Phi) is 4.00. The predicted molar refractivity (Wildman–Crippen MR) is 62.0 cm³/mol. The molecule has 2 unspecified atom stereocenters. The number of nitrogens with zero attached hydrogens (tertiary/aromatic N) is 1. The predicted octanol–water partition coefficient (Wildman–Crippen LogP) is 1.10. The lowest BCUT2D eigenvalue weighted by Crippen LogP contribution is -2.46. The van der Waals surface area contributed by atoms with Gasteiger partial charge in [-0.1, -0.05) is 6.92 Å². The number of piperidine rings is 1. The van der Waals surface area contributed by atoms with E-state index in [1.807, 2.05) is 7.11 Å². The van der Waals surface area contributed by atoms with Crippen LogP contribution in [0.5, 0.6) is 0 Å². The first-order chi connectivity index (χ1) is 7.29. The molecular formula is C12H24N2O. The van der Waals surface area contributed by atoms with Crippen molar-refractivity contribution in [3.63, 3.8) is 0 Å². The molecule has 1 aliphatic carbocycles. The fourth-order valence-corrected chi connectivity index (χ4v) is 2.32. The van der Waals surface area contributed by atoms with E-state index >= 15 is 0 Å². The van der Waals surface area contributed by atoms with Crippen molar-refractivity contribution in [2.45, 2.75) is 38.3 Å². The standard InChI is InChI=1S/C12H24N2O/c1-10-5-7-14(9-12(10)15-2)8-6-13-11-3-4-11/h10-13H,3-9H2,1-2H3. The Hall–Kier alpha value is -0.120. The molecule has 0 bridgehead atoms. The van der Waals surface area contributed by atoms with Gasteiger partial charge in [0, 0.05) is 32.8 Å². The Labute approximate surface area is 93.2 Å². The van der Waals surface area contributed by atoms with Crippen molar-refractivity contribution in [3.8, 4) is 0 Å². The van der Waals surface area contributed by atoms with Crippen LogP contribution in [0.1, 0.15) is 26.2 Å². The Bertz CT molecular complexity index is 194. The fraction of sp³-hybridized carbons (Fsp3) is 1.00. The molecule has 0 aromatic heterocycles. The highest BCUT2D eigenvalue weighted by Crippen LogP contribution is 2.20. The summed E-state index contributed by atoms with van der Waals surface area (Å²) < 4.78 is 5.51. The highest BCUT2D eigenvalue weighted by Gasteiger charge is 2.26. The molecule has 15 heavy (non-hydrogen) atoms. The summed E-state index contributed by atoms with van der Waals surface area (Å²) in [6.07, 6.45) is 4.50. The summed E-state index contributed by atoms with van der Waals surface area (Å²) in [5, 5.41) is 3.57. The molecule has 3 heteroatoms. The number of methoxy groups -OCH3 is 1. The van der Waals surface area contributed by atoms with Crippen molar-refractivity contribution in [3.05, 3.63) is 0 Å². The largest absolute Gasteiger partial charge is 0.380 e. The molecule has 3 nitrogen and oxygen atoms in total. The summed E-state index contributed by atoms with van der Waals surface area (Å²) in [6.45, 7) is 6.99. The molecule has 0 radical (unpaired) electrons. The minimum Gasteiger partial charge on any atom is -0.380 e. The molecule has 0 spiro atoms. The molecule has 2 rings (SSSR count). The molecule has 1 heterocycles. The number of rotatable bonds is 5. The van der Waals surface area contributed by atoms with Crippen LogP contribution in [0.4, 0.5) is 0 Å². The first kappa shape index (κ1) is 11.4. The van der Waals surface area contributed by atoms with Crippen LogP contribution in [0, 0.1) is 5.92 Å². The lowest BCUT2D eigenvalue weighted by Gasteiger charge is -2.36. The van der Waals surface area contributed by atoms with Gasteiger partial charge in [-0.05, 0) is 31.7 Å². The zero-order valence-electron chi connectivity index (χ0n) is 10.0. The van der Waals surface area contributed by atoms with Gasteiger partial charge in [-0.15, -0.1) is 0 Å². The fourth-order valence-electron chi connectivity index (χ4n) is 2.32. The van der Waals surface area contributed by atoms with Crippen LogP contribution in [0.25, 0.3) is 0 Å². The summed E-state index contributed by atoms with van der Waals surface area (Å²) in [6, 6.07) is 0.840. The maximum atomic E-state index is 5.51. The summed E-state index contributed by atoms with van der Waals surface area (Å²) >= 11 is 0. The van der Waals surface area contributed by atoms with Crippen molar-refractivity contribution in [1.29, 1.82) is 0 Å². The van der Waals surface area contributed by atoms with Crippen LogP contribution in [-0.2, 0) is 4.74 Å². The molecule has 1 saturated carbocycles. The van der Waals surface area contributed by atoms with Gasteiger partial charge < -0.3 is 10.1 Å². The minimum atomic E-state index is 0.444. The molecule has 2 atom stereocenters. The summed E-state index contributed by atoms with van der Waals surface area (Å²) in [5.74, 6) is 0.725. The van der Waals surface area contributed by atoms with Crippen LogP contribution in [0.15, 0.2) is 0 Å². The number of likely N-dealkylation sites (tertiary alicyclic amines) is 1. The molecule has 1 aliphatic heterocycles. The van der Waals surface area contributed by atoms with Crippen LogP contribution >= 0.6 is 0 Å². The van der Waals surface area contributed by atoms with E-state index in [1.165, 1.54) is 32.4 Å². The van der Waals surface area contributed by atoms with E-state index in [2.05, 4.69) is 17.1 Å². The van der Waals surface area contributed by atoms with Gasteiger partial charge >= 0.3 is 0 Å². The Morgan fingerprint density at radius 1 is 1.33 bits per heavy atom. The number of ether oxygens (including phenoxy) is 1. The maximum Gasteiger partial charge on any atom is 0.0724 e. The second kappa shape index (κ2) is 5.28. The van der Waals surface area contributed by atoms with E-state index in [4.69, 9.17) is 4.74 Å². The first-order valence-corrected chi connectivity index (χ1v) is 6.28. The lowest BCUT2D eigenvalue weighted by molar-refractivity contribution is -0.00443. The monoisotopic (exact) mass is 212 g/mol. The van der Waals surface area contributed by atoms with Crippen LogP contribution in [0.3, 0.4) is 0 Å². The van der Waals surface area contributed by atoms with E-state index in [9.17, 15) is 0 Å². The molecule has 1 N–H and O–H groups in total. The lowest BCUT2D eigenvalue weighted by atomic mass is 9.96. The maximum absolute atomic E-state index is 5.51. The average Bonchev–Trinajstić information content (AvgIpc) is 3.04. The molecule has 0 aromatic carbocycles. The Morgan fingerprint density at radius 2 is 2.13 bits per heavy atom. The van der Waals surface area contributed by atoms with E-state index in [-0.39, 0.29) is 0 Å². The van der Waals surface area contributed by atoms with Crippen molar-refractivity contribution in [2.24, 2.45) is 5.92 Å². The summed E-state index contributed by atoms with van der Waals surface area (Å²) in [7, 11) is 1.84. The number of hydrogen-bond acceptors (Lipinski definition) is 3. The van der Waals surface area contributed by atoms with Gasteiger partial charge in [-0.25, -0.2) is 0 Å². The molecule has 0 amide bonds. The van der Waals surface area contributed by atoms with Crippen LogP contribution in [0.2, 0.25) is 0 Å². The SMILES string of the molecule is COC1CN(CCNC2CC2)CCC1C. The third kappa shape index (κ3) is 3.44. The zero-order chi connectivity index (χ0) is 10.7. The van der Waals surface area contributed by atoms with Crippen LogP contribution < -0.4 is 5.32 Å². The van der Waals surface area contributed by atoms with Gasteiger partial charge in [0.15, 0.2) is 0 Å². The van der Waals surface area contributed by atoms with Crippen molar-refractivity contribution in [2.75, 3.05) is 33.3 Å². The van der Waals surface area contributed by atoms with Gasteiger partial charge in [-0.2, -0.15) is 0 Å². The van der Waals surface area contributed by atoms with E-state index in [0.29, 0.717) is 6.10 Å². The zero-order valence-corrected chi connectivity index (χ0v) is 10.0. The molecule has 2 aliphatic rings. The van der Waals surface area contributed by atoms with Gasteiger partial charge in [0.1, 0.15) is 0 Å². The van der Waals surface area contributed by atoms with E-state index in [1.54, 1.807) is 0 Å². The van der Waals surface area contributed by atoms with Gasteiger partial charge in [0.25, 0.3) is 0 Å². The first-order valence-electron chi connectivity index (χ1n) is 6.28.